The van der Waals surface area contributed by atoms with E-state index in [0.717, 1.165) is 59.5 Å². The monoisotopic (exact) mass is 819 g/mol. The number of hydrogen-bond acceptors (Lipinski definition) is 6. The second-order valence-corrected chi connectivity index (χ2v) is 22.2. The van der Waals surface area contributed by atoms with Gasteiger partial charge in [-0.2, -0.15) is 0 Å². The summed E-state index contributed by atoms with van der Waals surface area (Å²) in [7, 11) is -0.891. The van der Waals surface area contributed by atoms with Crippen molar-refractivity contribution in [2.45, 2.75) is 101 Å². The molecular formula is C47H54ClN3O6Si. The normalized spacial score (nSPS) is 24.8. The van der Waals surface area contributed by atoms with Crippen molar-refractivity contribution in [2.24, 2.45) is 5.92 Å². The summed E-state index contributed by atoms with van der Waals surface area (Å²) < 4.78 is 12.8. The van der Waals surface area contributed by atoms with Crippen LogP contribution in [0.2, 0.25) is 23.7 Å². The number of ether oxygens (including phenoxy) is 2. The van der Waals surface area contributed by atoms with Crippen LogP contribution in [-0.4, -0.2) is 68.2 Å². The second-order valence-electron chi connectivity index (χ2n) is 17.1. The van der Waals surface area contributed by atoms with E-state index in [1.54, 1.807) is 12.0 Å². The van der Waals surface area contributed by atoms with Crippen molar-refractivity contribution < 1.29 is 29.0 Å². The molecule has 9 nitrogen and oxygen atoms in total. The SMILES string of the molecule is COc1ccc([Si](C)(C)[C@H]2[C@H](CC(=O)N3Cc4ccccc4C[C@H]3CO)O[C@@]3(C(=O)N(Cc4cccc(N5CCCCCCC5=O)c4)c4ccc(Cl)cc43)[C@@H]2C)cc1. The molecule has 8 rings (SSSR count). The Labute approximate surface area is 347 Å². The number of aliphatic hydroxyl groups is 1. The Bertz CT molecular complexity index is 2200. The van der Waals surface area contributed by atoms with Gasteiger partial charge in [-0.15, -0.1) is 0 Å². The number of methoxy groups -OCH3 is 1. The lowest BCUT2D eigenvalue weighted by Gasteiger charge is -2.39. The minimum absolute atomic E-state index is 0.0666. The molecule has 1 spiro atoms. The molecule has 4 aliphatic heterocycles. The zero-order valence-corrected chi connectivity index (χ0v) is 35.7. The van der Waals surface area contributed by atoms with Crippen LogP contribution in [0.1, 0.15) is 67.7 Å². The largest absolute Gasteiger partial charge is 0.497 e. The predicted octanol–water partition coefficient (Wildman–Crippen LogP) is 7.74. The number of benzene rings is 4. The molecule has 0 unspecified atom stereocenters. The van der Waals surface area contributed by atoms with E-state index in [1.807, 2.05) is 82.6 Å². The van der Waals surface area contributed by atoms with Crippen LogP contribution in [0.25, 0.3) is 0 Å². The standard InChI is InChI=1S/C47H54ClN3O6Si/c1-31-45(58(3,4)39-20-18-38(56-2)19-21-39)42(27-44(54)50-29-34-14-9-8-13-33(34)25-37(50)30-52)57-47(31)40-26-35(48)17-22-41(40)51(46(47)55)28-32-12-11-15-36(24-32)49-23-10-6-5-7-16-43(49)53/h8-9,11-15,17-22,24,26,31,37,42,45,52H,5-7,10,16,23,25,27-30H2,1-4H3/t31-,37+,42+,45-,47+/m1/s1. The van der Waals surface area contributed by atoms with Crippen molar-refractivity contribution >= 4 is 54.0 Å². The third-order valence-corrected chi connectivity index (χ3v) is 18.0. The molecule has 58 heavy (non-hydrogen) atoms. The summed E-state index contributed by atoms with van der Waals surface area (Å²) in [4.78, 5) is 48.8. The van der Waals surface area contributed by atoms with Crippen LogP contribution in [0.5, 0.6) is 5.75 Å². The van der Waals surface area contributed by atoms with Gasteiger partial charge in [-0.25, -0.2) is 0 Å². The lowest BCUT2D eigenvalue weighted by atomic mass is 9.82. The maximum atomic E-state index is 15.5. The maximum absolute atomic E-state index is 15.5. The molecule has 0 aromatic heterocycles. The van der Waals surface area contributed by atoms with Gasteiger partial charge in [0.2, 0.25) is 11.8 Å². The summed E-state index contributed by atoms with van der Waals surface area (Å²) in [6.45, 7) is 7.94. The fraction of sp³-hybridized carbons (Fsp3) is 0.426. The molecule has 4 aliphatic rings. The lowest BCUT2D eigenvalue weighted by Crippen LogP contribution is -2.52. The van der Waals surface area contributed by atoms with E-state index >= 15 is 4.79 Å². The van der Waals surface area contributed by atoms with E-state index in [9.17, 15) is 14.7 Å². The molecule has 5 atom stereocenters. The zero-order valence-electron chi connectivity index (χ0n) is 34.0. The lowest BCUT2D eigenvalue weighted by molar-refractivity contribution is -0.151. The molecule has 2 saturated heterocycles. The van der Waals surface area contributed by atoms with Gasteiger partial charge < -0.3 is 29.3 Å². The average molecular weight is 821 g/mol. The summed E-state index contributed by atoms with van der Waals surface area (Å²) >= 11 is 6.77. The molecule has 3 amide bonds. The van der Waals surface area contributed by atoms with Crippen molar-refractivity contribution in [1.29, 1.82) is 0 Å². The molecule has 1 N–H and O–H groups in total. The molecule has 4 heterocycles. The van der Waals surface area contributed by atoms with Crippen molar-refractivity contribution in [2.75, 3.05) is 30.1 Å². The van der Waals surface area contributed by atoms with Gasteiger partial charge in [0.15, 0.2) is 5.60 Å². The van der Waals surface area contributed by atoms with E-state index < -0.39 is 19.8 Å². The summed E-state index contributed by atoms with van der Waals surface area (Å²) in [6.07, 6.45) is 4.62. The smallest absolute Gasteiger partial charge is 0.264 e. The molecule has 2 fully saturated rings. The van der Waals surface area contributed by atoms with Crippen LogP contribution in [0.4, 0.5) is 11.4 Å². The first-order valence-corrected chi connectivity index (χ1v) is 24.2. The van der Waals surface area contributed by atoms with Crippen LogP contribution in [0.3, 0.4) is 0 Å². The molecule has 4 aromatic rings. The molecule has 11 heteroatoms. The highest BCUT2D eigenvalue weighted by molar-refractivity contribution is 6.91. The summed E-state index contributed by atoms with van der Waals surface area (Å²) in [5, 5.41) is 12.2. The number of anilines is 2. The van der Waals surface area contributed by atoms with E-state index in [1.165, 1.54) is 5.19 Å². The number of rotatable bonds is 9. The Kier molecular flexibility index (Phi) is 11.3. The van der Waals surface area contributed by atoms with E-state index in [2.05, 4.69) is 38.2 Å². The van der Waals surface area contributed by atoms with E-state index in [4.69, 9.17) is 21.1 Å². The average Bonchev–Trinajstić information content (AvgIpc) is 3.64. The summed E-state index contributed by atoms with van der Waals surface area (Å²) in [5.74, 6) is 0.291. The first-order chi connectivity index (χ1) is 28.0. The molecule has 0 radical (unpaired) electrons. The molecule has 0 saturated carbocycles. The van der Waals surface area contributed by atoms with Crippen molar-refractivity contribution in [3.8, 4) is 5.75 Å². The van der Waals surface area contributed by atoms with Gasteiger partial charge in [-0.1, -0.05) is 98.2 Å². The Hall–Kier alpha value is -4.48. The number of carbonyl (C=O) groups is 3. The summed E-state index contributed by atoms with van der Waals surface area (Å²) in [5.41, 5.74) is 3.86. The number of aliphatic hydroxyl groups excluding tert-OH is 1. The highest BCUT2D eigenvalue weighted by atomic mass is 35.5. The minimum atomic E-state index is -2.54. The first-order valence-electron chi connectivity index (χ1n) is 20.8. The highest BCUT2D eigenvalue weighted by Crippen LogP contribution is 2.60. The van der Waals surface area contributed by atoms with Gasteiger partial charge in [-0.3, -0.25) is 14.4 Å². The van der Waals surface area contributed by atoms with Gasteiger partial charge in [0, 0.05) is 41.7 Å². The van der Waals surface area contributed by atoms with Gasteiger partial charge in [0.05, 0.1) is 52.6 Å². The van der Waals surface area contributed by atoms with Crippen LogP contribution in [0.15, 0.2) is 91.0 Å². The molecular weight excluding hydrogens is 766 g/mol. The third-order valence-electron chi connectivity index (χ3n) is 13.4. The number of hydrogen-bond donors (Lipinski definition) is 1. The Morgan fingerprint density at radius 2 is 1.71 bits per heavy atom. The number of fused-ring (bicyclic) bond motifs is 3. The molecule has 0 aliphatic carbocycles. The van der Waals surface area contributed by atoms with Gasteiger partial charge in [-0.05, 0) is 84.0 Å². The Morgan fingerprint density at radius 1 is 0.948 bits per heavy atom. The molecule has 304 valence electrons. The highest BCUT2D eigenvalue weighted by Gasteiger charge is 2.66. The maximum Gasteiger partial charge on any atom is 0.264 e. The number of amides is 3. The van der Waals surface area contributed by atoms with Gasteiger partial charge >= 0.3 is 0 Å². The van der Waals surface area contributed by atoms with Crippen LogP contribution in [-0.2, 0) is 44.2 Å². The van der Waals surface area contributed by atoms with E-state index in [0.29, 0.717) is 36.5 Å². The quantitative estimate of drug-likeness (QED) is 0.174. The number of halogens is 1. The molecule has 4 aromatic carbocycles. The number of nitrogens with zero attached hydrogens (tertiary/aromatic N) is 3. The number of carbonyl (C=O) groups excluding carboxylic acids is 3. The fourth-order valence-corrected chi connectivity index (χ4v) is 14.6. The summed E-state index contributed by atoms with van der Waals surface area (Å²) in [6, 6.07) is 29.5. The predicted molar refractivity (Wildman–Crippen MR) is 230 cm³/mol. The van der Waals surface area contributed by atoms with Crippen molar-refractivity contribution in [3.63, 3.8) is 0 Å². The Balaban J connectivity index is 1.17. The van der Waals surface area contributed by atoms with Crippen molar-refractivity contribution in [3.05, 3.63) is 118 Å². The van der Waals surface area contributed by atoms with Crippen LogP contribution in [0, 0.1) is 5.92 Å². The van der Waals surface area contributed by atoms with Crippen LogP contribution < -0.4 is 19.7 Å². The molecule has 0 bridgehead atoms. The first kappa shape index (κ1) is 40.3. The minimum Gasteiger partial charge on any atom is -0.497 e. The zero-order chi connectivity index (χ0) is 40.8. The van der Waals surface area contributed by atoms with Gasteiger partial charge in [0.1, 0.15) is 5.75 Å². The van der Waals surface area contributed by atoms with E-state index in [-0.39, 0.29) is 54.8 Å². The topological polar surface area (TPSA) is 99.6 Å². The van der Waals surface area contributed by atoms with Crippen LogP contribution >= 0.6 is 11.6 Å². The van der Waals surface area contributed by atoms with Crippen molar-refractivity contribution in [1.82, 2.24) is 4.90 Å². The Morgan fingerprint density at radius 3 is 2.47 bits per heavy atom. The van der Waals surface area contributed by atoms with Gasteiger partial charge in [0.25, 0.3) is 5.91 Å². The second kappa shape index (κ2) is 16.3. The fourth-order valence-electron chi connectivity index (χ4n) is 10.4. The third kappa shape index (κ3) is 7.16.